The number of benzene rings is 1. The Morgan fingerprint density at radius 3 is 2.93 bits per heavy atom. The fourth-order valence-electron chi connectivity index (χ4n) is 3.96. The maximum absolute atomic E-state index is 12.7. The molecule has 1 N–H and O–H groups in total. The highest BCUT2D eigenvalue weighted by molar-refractivity contribution is 5.91. The van der Waals surface area contributed by atoms with Crippen molar-refractivity contribution in [3.63, 3.8) is 0 Å². The van der Waals surface area contributed by atoms with E-state index in [-0.39, 0.29) is 17.5 Å². The number of carbonyl (C=O) groups is 1. The standard InChI is InChI=1S/C23H25N3O3/c1-15-8-9-19-18(12-22(27)29-20(19)11-15)14-26-10-4-6-17(13-26)23(28)25-21-7-3-5-16(2)24-21/h3,5,7-9,11-12,17H,4,6,10,13-14H2,1-2H3,(H,24,25,28). The van der Waals surface area contributed by atoms with E-state index in [1.807, 2.05) is 50.2 Å². The minimum Gasteiger partial charge on any atom is -0.423 e. The molecule has 1 fully saturated rings. The van der Waals surface area contributed by atoms with Crippen LogP contribution in [0.5, 0.6) is 0 Å². The molecule has 6 nitrogen and oxygen atoms in total. The number of hydrogen-bond acceptors (Lipinski definition) is 5. The van der Waals surface area contributed by atoms with Crippen LogP contribution in [0.15, 0.2) is 51.7 Å². The summed E-state index contributed by atoms with van der Waals surface area (Å²) in [6.45, 7) is 6.06. The highest BCUT2D eigenvalue weighted by Crippen LogP contribution is 2.24. The molecule has 0 aliphatic carbocycles. The fraction of sp³-hybridized carbons (Fsp3) is 0.348. The normalized spacial score (nSPS) is 17.4. The summed E-state index contributed by atoms with van der Waals surface area (Å²) < 4.78 is 5.36. The van der Waals surface area contributed by atoms with Crippen molar-refractivity contribution in [3.05, 3.63) is 69.7 Å². The van der Waals surface area contributed by atoms with Crippen LogP contribution in [0.2, 0.25) is 0 Å². The Hall–Kier alpha value is -2.99. The van der Waals surface area contributed by atoms with Crippen molar-refractivity contribution >= 4 is 22.7 Å². The first-order chi connectivity index (χ1) is 14.0. The van der Waals surface area contributed by atoms with Gasteiger partial charge in [0.25, 0.3) is 0 Å². The summed E-state index contributed by atoms with van der Waals surface area (Å²) in [5.74, 6) is 0.495. The number of anilines is 1. The molecule has 0 spiro atoms. The Bertz CT molecular complexity index is 1110. The summed E-state index contributed by atoms with van der Waals surface area (Å²) in [5, 5.41) is 3.89. The predicted molar refractivity (Wildman–Crippen MR) is 113 cm³/mol. The first-order valence-corrected chi connectivity index (χ1v) is 9.98. The Morgan fingerprint density at radius 1 is 1.24 bits per heavy atom. The third-order valence-corrected chi connectivity index (χ3v) is 5.40. The van der Waals surface area contributed by atoms with Gasteiger partial charge in [-0.3, -0.25) is 9.69 Å². The van der Waals surface area contributed by atoms with Crippen molar-refractivity contribution in [1.29, 1.82) is 0 Å². The third kappa shape index (κ3) is 4.54. The van der Waals surface area contributed by atoms with E-state index in [4.69, 9.17) is 4.42 Å². The van der Waals surface area contributed by atoms with Gasteiger partial charge in [-0.2, -0.15) is 0 Å². The van der Waals surface area contributed by atoms with E-state index in [2.05, 4.69) is 15.2 Å². The Morgan fingerprint density at radius 2 is 2.10 bits per heavy atom. The monoisotopic (exact) mass is 391 g/mol. The molecule has 1 atom stereocenters. The molecule has 1 unspecified atom stereocenters. The van der Waals surface area contributed by atoms with Crippen LogP contribution in [0, 0.1) is 19.8 Å². The molecule has 0 bridgehead atoms. The van der Waals surface area contributed by atoms with Gasteiger partial charge in [0.1, 0.15) is 11.4 Å². The summed E-state index contributed by atoms with van der Waals surface area (Å²) in [4.78, 5) is 31.3. The molecule has 29 heavy (non-hydrogen) atoms. The molecule has 1 aromatic carbocycles. The van der Waals surface area contributed by atoms with Gasteiger partial charge in [0.05, 0.1) is 5.92 Å². The number of aryl methyl sites for hydroxylation is 2. The van der Waals surface area contributed by atoms with Gasteiger partial charge in [-0.25, -0.2) is 9.78 Å². The van der Waals surface area contributed by atoms with Crippen molar-refractivity contribution in [2.75, 3.05) is 18.4 Å². The number of hydrogen-bond donors (Lipinski definition) is 1. The van der Waals surface area contributed by atoms with Crippen LogP contribution in [-0.4, -0.2) is 28.9 Å². The van der Waals surface area contributed by atoms with Crippen LogP contribution in [0.25, 0.3) is 11.0 Å². The number of nitrogens with one attached hydrogen (secondary N) is 1. The number of nitrogens with zero attached hydrogens (tertiary/aromatic N) is 2. The van der Waals surface area contributed by atoms with Crippen molar-refractivity contribution < 1.29 is 9.21 Å². The minimum absolute atomic E-state index is 0.000795. The lowest BCUT2D eigenvalue weighted by Crippen LogP contribution is -2.40. The highest BCUT2D eigenvalue weighted by Gasteiger charge is 2.26. The number of aromatic nitrogens is 1. The van der Waals surface area contributed by atoms with Crippen molar-refractivity contribution in [2.45, 2.75) is 33.2 Å². The number of carbonyl (C=O) groups excluding carboxylic acids is 1. The smallest absolute Gasteiger partial charge is 0.336 e. The van der Waals surface area contributed by atoms with E-state index in [9.17, 15) is 9.59 Å². The second-order valence-corrected chi connectivity index (χ2v) is 7.82. The number of rotatable bonds is 4. The van der Waals surface area contributed by atoms with Crippen LogP contribution in [0.3, 0.4) is 0 Å². The first kappa shape index (κ1) is 19.3. The summed E-state index contributed by atoms with van der Waals surface area (Å²) in [5.41, 5.74) is 3.15. The molecule has 1 saturated heterocycles. The second-order valence-electron chi connectivity index (χ2n) is 7.82. The third-order valence-electron chi connectivity index (χ3n) is 5.40. The molecule has 3 aromatic rings. The van der Waals surface area contributed by atoms with Gasteiger partial charge in [0, 0.05) is 30.2 Å². The van der Waals surface area contributed by atoms with Crippen LogP contribution in [-0.2, 0) is 11.3 Å². The Kier molecular flexibility index (Phi) is 5.45. The lowest BCUT2D eigenvalue weighted by Gasteiger charge is -2.32. The second kappa shape index (κ2) is 8.17. The molecule has 6 heteroatoms. The number of likely N-dealkylation sites (tertiary alicyclic amines) is 1. The highest BCUT2D eigenvalue weighted by atomic mass is 16.4. The summed E-state index contributed by atoms with van der Waals surface area (Å²) in [7, 11) is 0. The number of pyridine rings is 1. The largest absolute Gasteiger partial charge is 0.423 e. The first-order valence-electron chi connectivity index (χ1n) is 9.98. The Labute approximate surface area is 169 Å². The van der Waals surface area contributed by atoms with Crippen LogP contribution < -0.4 is 10.9 Å². The molecular weight excluding hydrogens is 366 g/mol. The molecule has 150 valence electrons. The van der Waals surface area contributed by atoms with E-state index in [1.165, 1.54) is 0 Å². The molecule has 4 rings (SSSR count). The molecule has 1 aliphatic rings. The van der Waals surface area contributed by atoms with E-state index in [1.54, 1.807) is 6.07 Å². The average molecular weight is 391 g/mol. The van der Waals surface area contributed by atoms with Gasteiger partial charge < -0.3 is 9.73 Å². The molecule has 3 heterocycles. The van der Waals surface area contributed by atoms with E-state index in [0.717, 1.165) is 41.6 Å². The van der Waals surface area contributed by atoms with E-state index >= 15 is 0 Å². The minimum atomic E-state index is -0.338. The molecule has 0 saturated carbocycles. The SMILES string of the molecule is Cc1ccc2c(CN3CCCC(C(=O)Nc4cccc(C)n4)C3)cc(=O)oc2c1. The zero-order chi connectivity index (χ0) is 20.4. The van der Waals surface area contributed by atoms with Gasteiger partial charge in [0.15, 0.2) is 0 Å². The van der Waals surface area contributed by atoms with Crippen LogP contribution >= 0.6 is 0 Å². The van der Waals surface area contributed by atoms with Gasteiger partial charge in [-0.15, -0.1) is 0 Å². The molecule has 1 amide bonds. The summed E-state index contributed by atoms with van der Waals surface area (Å²) in [6.07, 6.45) is 1.79. The average Bonchev–Trinajstić information content (AvgIpc) is 2.67. The Balaban J connectivity index is 1.48. The number of fused-ring (bicyclic) bond motifs is 1. The fourth-order valence-corrected chi connectivity index (χ4v) is 3.96. The quantitative estimate of drug-likeness (QED) is 0.687. The lowest BCUT2D eigenvalue weighted by molar-refractivity contribution is -0.121. The van der Waals surface area contributed by atoms with E-state index in [0.29, 0.717) is 24.5 Å². The summed E-state index contributed by atoms with van der Waals surface area (Å²) >= 11 is 0. The van der Waals surface area contributed by atoms with Gasteiger partial charge in [-0.1, -0.05) is 18.2 Å². The van der Waals surface area contributed by atoms with Crippen molar-refractivity contribution in [2.24, 2.45) is 5.92 Å². The van der Waals surface area contributed by atoms with Crippen molar-refractivity contribution in [1.82, 2.24) is 9.88 Å². The molecule has 0 radical (unpaired) electrons. The molecule has 2 aromatic heterocycles. The zero-order valence-corrected chi connectivity index (χ0v) is 16.8. The summed E-state index contributed by atoms with van der Waals surface area (Å²) in [6, 6.07) is 13.1. The maximum atomic E-state index is 12.7. The van der Waals surface area contributed by atoms with E-state index < -0.39 is 0 Å². The van der Waals surface area contributed by atoms with Crippen LogP contribution in [0.4, 0.5) is 5.82 Å². The van der Waals surface area contributed by atoms with Crippen LogP contribution in [0.1, 0.15) is 29.7 Å². The molecule has 1 aliphatic heterocycles. The lowest BCUT2D eigenvalue weighted by atomic mass is 9.96. The maximum Gasteiger partial charge on any atom is 0.336 e. The predicted octanol–water partition coefficient (Wildman–Crippen LogP) is 3.66. The molecular formula is C23H25N3O3. The zero-order valence-electron chi connectivity index (χ0n) is 16.8. The topological polar surface area (TPSA) is 75.4 Å². The van der Waals surface area contributed by atoms with Gasteiger partial charge in [0.2, 0.25) is 5.91 Å². The van der Waals surface area contributed by atoms with Gasteiger partial charge >= 0.3 is 5.63 Å². The number of amides is 1. The number of piperidine rings is 1. The van der Waals surface area contributed by atoms with Gasteiger partial charge in [-0.05, 0) is 62.6 Å². The van der Waals surface area contributed by atoms with Crippen molar-refractivity contribution in [3.8, 4) is 0 Å².